The lowest BCUT2D eigenvalue weighted by Gasteiger charge is -2.09. The molecule has 0 fully saturated rings. The molecule has 0 saturated carbocycles. The van der Waals surface area contributed by atoms with Gasteiger partial charge < -0.3 is 16.0 Å². The maximum Gasteiger partial charge on any atom is 0.390 e. The van der Waals surface area contributed by atoms with Crippen LogP contribution in [0.4, 0.5) is 23.7 Å². The van der Waals surface area contributed by atoms with Crippen LogP contribution < -0.4 is 16.0 Å². The first-order valence-corrected chi connectivity index (χ1v) is 7.74. The van der Waals surface area contributed by atoms with Crippen LogP contribution >= 0.6 is 15.9 Å². The van der Waals surface area contributed by atoms with E-state index in [1.807, 2.05) is 12.1 Å². The van der Waals surface area contributed by atoms with Crippen molar-refractivity contribution in [1.29, 1.82) is 0 Å². The molecule has 0 unspecified atom stereocenters. The SMILES string of the molecule is O=C(NCCCCNCCC(F)(F)F)Nc1ccc(Br)cc1. The first-order valence-electron chi connectivity index (χ1n) is 6.95. The number of unbranched alkanes of at least 4 members (excludes halogenated alkanes) is 1. The van der Waals surface area contributed by atoms with Crippen molar-refractivity contribution in [2.75, 3.05) is 25.0 Å². The topological polar surface area (TPSA) is 53.2 Å². The van der Waals surface area contributed by atoms with Gasteiger partial charge in [-0.2, -0.15) is 13.2 Å². The Bertz CT molecular complexity index is 452. The Morgan fingerprint density at radius 3 is 2.32 bits per heavy atom. The standard InChI is InChI=1S/C14H19BrF3N3O/c15-11-3-5-12(6-4-11)21-13(22)20-9-2-1-8-19-10-7-14(16,17)18/h3-6,19H,1-2,7-10H2,(H2,20,21,22). The molecule has 2 amide bonds. The van der Waals surface area contributed by atoms with Crippen LogP contribution in [0.5, 0.6) is 0 Å². The Kier molecular flexibility index (Phi) is 8.26. The van der Waals surface area contributed by atoms with Gasteiger partial charge in [-0.3, -0.25) is 0 Å². The van der Waals surface area contributed by atoms with Crippen LogP contribution in [0.15, 0.2) is 28.7 Å². The van der Waals surface area contributed by atoms with E-state index in [0.29, 0.717) is 31.6 Å². The lowest BCUT2D eigenvalue weighted by molar-refractivity contribution is -0.133. The number of nitrogens with one attached hydrogen (secondary N) is 3. The van der Waals surface area contributed by atoms with E-state index in [9.17, 15) is 18.0 Å². The van der Waals surface area contributed by atoms with Crippen molar-refractivity contribution >= 4 is 27.6 Å². The highest BCUT2D eigenvalue weighted by Crippen LogP contribution is 2.18. The number of alkyl halides is 3. The molecular formula is C14H19BrF3N3O. The first-order chi connectivity index (χ1) is 10.4. The Labute approximate surface area is 136 Å². The molecule has 124 valence electrons. The summed E-state index contributed by atoms with van der Waals surface area (Å²) in [5.74, 6) is 0. The lowest BCUT2D eigenvalue weighted by Crippen LogP contribution is -2.30. The minimum atomic E-state index is -4.11. The average Bonchev–Trinajstić information content (AvgIpc) is 2.43. The van der Waals surface area contributed by atoms with Crippen LogP contribution in [0, 0.1) is 0 Å². The summed E-state index contributed by atoms with van der Waals surface area (Å²) in [5.41, 5.74) is 0.689. The predicted octanol–water partition coefficient (Wildman–Crippen LogP) is 3.89. The fourth-order valence-corrected chi connectivity index (χ4v) is 1.90. The molecule has 0 aliphatic carbocycles. The number of benzene rings is 1. The van der Waals surface area contributed by atoms with Crippen LogP contribution in [0.25, 0.3) is 0 Å². The normalized spacial score (nSPS) is 11.3. The molecule has 0 aliphatic rings. The second kappa shape index (κ2) is 9.68. The first kappa shape index (κ1) is 18.8. The van der Waals surface area contributed by atoms with Crippen molar-refractivity contribution < 1.29 is 18.0 Å². The van der Waals surface area contributed by atoms with Gasteiger partial charge in [0, 0.05) is 23.2 Å². The van der Waals surface area contributed by atoms with E-state index in [1.165, 1.54) is 0 Å². The van der Waals surface area contributed by atoms with E-state index < -0.39 is 12.6 Å². The molecule has 0 atom stereocenters. The Hall–Kier alpha value is -1.28. The largest absolute Gasteiger partial charge is 0.390 e. The highest BCUT2D eigenvalue weighted by atomic mass is 79.9. The van der Waals surface area contributed by atoms with Gasteiger partial charge in [-0.05, 0) is 43.7 Å². The number of amides is 2. The number of carbonyl (C=O) groups is 1. The average molecular weight is 382 g/mol. The number of halogens is 4. The van der Waals surface area contributed by atoms with Gasteiger partial charge in [0.1, 0.15) is 0 Å². The maximum absolute atomic E-state index is 11.9. The smallest absolute Gasteiger partial charge is 0.338 e. The summed E-state index contributed by atoms with van der Waals surface area (Å²) < 4.78 is 36.6. The van der Waals surface area contributed by atoms with Crippen molar-refractivity contribution in [2.24, 2.45) is 0 Å². The molecule has 4 nitrogen and oxygen atoms in total. The zero-order chi connectivity index (χ0) is 16.4. The van der Waals surface area contributed by atoms with Crippen LogP contribution in [0.2, 0.25) is 0 Å². The fraction of sp³-hybridized carbons (Fsp3) is 0.500. The zero-order valence-corrected chi connectivity index (χ0v) is 13.6. The van der Waals surface area contributed by atoms with Crippen molar-refractivity contribution in [3.05, 3.63) is 28.7 Å². The molecule has 1 aromatic carbocycles. The third-order valence-corrected chi connectivity index (χ3v) is 3.28. The van der Waals surface area contributed by atoms with Crippen molar-refractivity contribution in [2.45, 2.75) is 25.4 Å². The van der Waals surface area contributed by atoms with Gasteiger partial charge >= 0.3 is 12.2 Å². The molecule has 1 aromatic rings. The minimum absolute atomic E-state index is 0.0685. The number of carbonyl (C=O) groups excluding carboxylic acids is 1. The number of hydrogen-bond acceptors (Lipinski definition) is 2. The van der Waals surface area contributed by atoms with Gasteiger partial charge in [0.25, 0.3) is 0 Å². The number of rotatable bonds is 8. The second-order valence-corrected chi connectivity index (χ2v) is 5.63. The highest BCUT2D eigenvalue weighted by Gasteiger charge is 2.25. The van der Waals surface area contributed by atoms with Gasteiger partial charge in [0.2, 0.25) is 0 Å². The van der Waals surface area contributed by atoms with Gasteiger partial charge in [0.15, 0.2) is 0 Å². The van der Waals surface area contributed by atoms with Gasteiger partial charge in [-0.1, -0.05) is 15.9 Å². The molecule has 0 heterocycles. The minimum Gasteiger partial charge on any atom is -0.338 e. The molecule has 0 aromatic heterocycles. The van der Waals surface area contributed by atoms with E-state index in [0.717, 1.165) is 4.47 Å². The summed E-state index contributed by atoms with van der Waals surface area (Å²) in [7, 11) is 0. The van der Waals surface area contributed by atoms with Crippen LogP contribution in [-0.4, -0.2) is 31.8 Å². The van der Waals surface area contributed by atoms with Crippen LogP contribution in [0.1, 0.15) is 19.3 Å². The van der Waals surface area contributed by atoms with Gasteiger partial charge in [-0.25, -0.2) is 4.79 Å². The molecule has 0 spiro atoms. The number of urea groups is 1. The number of hydrogen-bond donors (Lipinski definition) is 3. The van der Waals surface area contributed by atoms with Crippen LogP contribution in [-0.2, 0) is 0 Å². The van der Waals surface area contributed by atoms with Crippen molar-refractivity contribution in [1.82, 2.24) is 10.6 Å². The fourth-order valence-electron chi connectivity index (χ4n) is 1.64. The van der Waals surface area contributed by atoms with Gasteiger partial charge in [0.05, 0.1) is 6.42 Å². The van der Waals surface area contributed by atoms with E-state index in [2.05, 4.69) is 31.9 Å². The van der Waals surface area contributed by atoms with Crippen molar-refractivity contribution in [3.63, 3.8) is 0 Å². The molecule has 0 bridgehead atoms. The Morgan fingerprint density at radius 1 is 1.05 bits per heavy atom. The van der Waals surface area contributed by atoms with Gasteiger partial charge in [-0.15, -0.1) is 0 Å². The Morgan fingerprint density at radius 2 is 1.68 bits per heavy atom. The predicted molar refractivity (Wildman–Crippen MR) is 83.9 cm³/mol. The van der Waals surface area contributed by atoms with E-state index in [1.54, 1.807) is 12.1 Å². The monoisotopic (exact) mass is 381 g/mol. The second-order valence-electron chi connectivity index (χ2n) is 4.71. The maximum atomic E-state index is 11.9. The summed E-state index contributed by atoms with van der Waals surface area (Å²) in [6.07, 6.45) is -3.52. The molecule has 0 aliphatic heterocycles. The highest BCUT2D eigenvalue weighted by molar-refractivity contribution is 9.10. The van der Waals surface area contributed by atoms with E-state index in [4.69, 9.17) is 0 Å². The van der Waals surface area contributed by atoms with Crippen LogP contribution in [0.3, 0.4) is 0 Å². The molecule has 0 radical (unpaired) electrons. The molecule has 8 heteroatoms. The number of anilines is 1. The summed E-state index contributed by atoms with van der Waals surface area (Å²) in [4.78, 5) is 11.6. The van der Waals surface area contributed by atoms with Crippen molar-refractivity contribution in [3.8, 4) is 0 Å². The summed E-state index contributed by atoms with van der Waals surface area (Å²) in [5, 5.41) is 8.10. The van der Waals surface area contributed by atoms with E-state index >= 15 is 0 Å². The zero-order valence-electron chi connectivity index (χ0n) is 12.0. The molecular weight excluding hydrogens is 363 g/mol. The summed E-state index contributed by atoms with van der Waals surface area (Å²) in [6, 6.07) is 6.89. The Balaban J connectivity index is 2.00. The molecule has 3 N–H and O–H groups in total. The third kappa shape index (κ3) is 9.62. The quantitative estimate of drug-likeness (QED) is 0.598. The lowest BCUT2D eigenvalue weighted by atomic mass is 10.3. The molecule has 22 heavy (non-hydrogen) atoms. The third-order valence-electron chi connectivity index (χ3n) is 2.75. The molecule has 1 rings (SSSR count). The summed E-state index contributed by atoms with van der Waals surface area (Å²) >= 11 is 3.30. The summed E-state index contributed by atoms with van der Waals surface area (Å²) in [6.45, 7) is 0.913. The molecule has 0 saturated heterocycles. The van der Waals surface area contributed by atoms with E-state index in [-0.39, 0.29) is 12.6 Å².